The third kappa shape index (κ3) is 4.87. The molecule has 1 heterocycles. The van der Waals surface area contributed by atoms with Gasteiger partial charge >= 0.3 is 0 Å². The Balaban J connectivity index is 0.000000171. The van der Waals surface area contributed by atoms with E-state index in [-0.39, 0.29) is 0 Å². The van der Waals surface area contributed by atoms with Crippen molar-refractivity contribution in [1.82, 2.24) is 0 Å². The molecule has 0 unspecified atom stereocenters. The molecule has 0 spiro atoms. The highest BCUT2D eigenvalue weighted by molar-refractivity contribution is 7.99. The second-order valence-corrected chi connectivity index (χ2v) is 12.3. The fraction of sp³-hybridized carbons (Fsp3) is 0.500. The van der Waals surface area contributed by atoms with Gasteiger partial charge in [0.15, 0.2) is 0 Å². The van der Waals surface area contributed by atoms with Crippen LogP contribution in [-0.4, -0.2) is 13.8 Å². The molecule has 0 amide bonds. The second kappa shape index (κ2) is 5.03. The van der Waals surface area contributed by atoms with Crippen molar-refractivity contribution in [2.24, 2.45) is 0 Å². The molecule has 1 aliphatic rings. The van der Waals surface area contributed by atoms with Gasteiger partial charge in [-0.05, 0) is 18.1 Å². The van der Waals surface area contributed by atoms with E-state index in [4.69, 9.17) is 0 Å². The summed E-state index contributed by atoms with van der Waals surface area (Å²) in [6.45, 7) is 9.31. The molecule has 0 aromatic heterocycles. The molecule has 0 fully saturated rings. The molecule has 0 nitrogen and oxygen atoms in total. The van der Waals surface area contributed by atoms with Crippen LogP contribution in [0.4, 0.5) is 0 Å². The number of thioether (sulfide) groups is 1. The normalized spacial score (nSPS) is 14.3. The molecule has 78 valence electrons. The average molecular weight is 224 g/mol. The Morgan fingerprint density at radius 2 is 1.64 bits per heavy atom. The summed E-state index contributed by atoms with van der Waals surface area (Å²) in [4.78, 5) is 1.48. The summed E-state index contributed by atoms with van der Waals surface area (Å²) < 4.78 is 0. The predicted octanol–water partition coefficient (Wildman–Crippen LogP) is 4.29. The Morgan fingerprint density at radius 1 is 1.07 bits per heavy atom. The van der Waals surface area contributed by atoms with E-state index in [2.05, 4.69) is 50.5 Å². The summed E-state index contributed by atoms with van der Waals surface area (Å²) in [5.74, 6) is 1.28. The van der Waals surface area contributed by atoms with Gasteiger partial charge in [0.05, 0.1) is 0 Å². The predicted molar refractivity (Wildman–Crippen MR) is 70.1 cm³/mol. The van der Waals surface area contributed by atoms with Gasteiger partial charge in [-0.1, -0.05) is 44.4 Å². The first kappa shape index (κ1) is 11.9. The number of aryl methyl sites for hydroxylation is 1. The maximum absolute atomic E-state index is 2.33. The first-order valence-electron chi connectivity index (χ1n) is 5.17. The Bertz CT molecular complexity index is 260. The number of hydrogen-bond donors (Lipinski definition) is 0. The van der Waals surface area contributed by atoms with Gasteiger partial charge in [0.1, 0.15) is 0 Å². The van der Waals surface area contributed by atoms with E-state index in [9.17, 15) is 0 Å². The lowest BCUT2D eigenvalue weighted by molar-refractivity contribution is 1.15. The molecule has 2 rings (SSSR count). The number of fused-ring (bicyclic) bond motifs is 1. The van der Waals surface area contributed by atoms with Gasteiger partial charge in [-0.15, -0.1) is 11.8 Å². The molecule has 14 heavy (non-hydrogen) atoms. The average Bonchev–Trinajstić information content (AvgIpc) is 2.47. The SMILES string of the molecule is C[Si](C)(C)C.c1ccc2c(c1)CCS2. The Hall–Kier alpha value is -0.213. The molecule has 0 saturated carbocycles. The molecule has 0 aliphatic carbocycles. The molecule has 0 atom stereocenters. The fourth-order valence-corrected chi connectivity index (χ4v) is 2.19. The van der Waals surface area contributed by atoms with Gasteiger partial charge in [0, 0.05) is 18.7 Å². The van der Waals surface area contributed by atoms with Crippen LogP contribution < -0.4 is 0 Å². The van der Waals surface area contributed by atoms with Gasteiger partial charge in [0.2, 0.25) is 0 Å². The highest BCUT2D eigenvalue weighted by Gasteiger charge is 2.07. The maximum atomic E-state index is 2.33. The molecule has 0 N–H and O–H groups in total. The van der Waals surface area contributed by atoms with Crippen LogP contribution >= 0.6 is 11.8 Å². The zero-order valence-electron chi connectivity index (χ0n) is 9.63. The van der Waals surface area contributed by atoms with Crippen molar-refractivity contribution in [3.05, 3.63) is 29.8 Å². The summed E-state index contributed by atoms with van der Waals surface area (Å²) in [6.07, 6.45) is 1.26. The quantitative estimate of drug-likeness (QED) is 0.592. The van der Waals surface area contributed by atoms with E-state index >= 15 is 0 Å². The van der Waals surface area contributed by atoms with E-state index < -0.39 is 8.07 Å². The van der Waals surface area contributed by atoms with Crippen LogP contribution in [0.2, 0.25) is 26.2 Å². The van der Waals surface area contributed by atoms with Crippen molar-refractivity contribution in [2.75, 3.05) is 5.75 Å². The van der Waals surface area contributed by atoms with E-state index in [0.717, 1.165) is 0 Å². The first-order valence-corrected chi connectivity index (χ1v) is 10.2. The Labute approximate surface area is 93.1 Å². The third-order valence-electron chi connectivity index (χ3n) is 1.60. The minimum absolute atomic E-state index is 0.611. The zero-order chi connectivity index (χ0) is 10.6. The van der Waals surface area contributed by atoms with Crippen molar-refractivity contribution in [3.8, 4) is 0 Å². The van der Waals surface area contributed by atoms with Gasteiger partial charge in [0.25, 0.3) is 0 Å². The molecule has 2 heteroatoms. The number of rotatable bonds is 0. The van der Waals surface area contributed by atoms with Crippen molar-refractivity contribution >= 4 is 19.8 Å². The van der Waals surface area contributed by atoms with E-state index in [1.165, 1.54) is 22.6 Å². The molecular formula is C12H20SSi. The van der Waals surface area contributed by atoms with Crippen molar-refractivity contribution < 1.29 is 0 Å². The van der Waals surface area contributed by atoms with Crippen LogP contribution in [-0.2, 0) is 6.42 Å². The van der Waals surface area contributed by atoms with Crippen LogP contribution in [0.25, 0.3) is 0 Å². The van der Waals surface area contributed by atoms with Crippen molar-refractivity contribution in [2.45, 2.75) is 37.5 Å². The van der Waals surface area contributed by atoms with Crippen LogP contribution in [0.3, 0.4) is 0 Å². The molecular weight excluding hydrogens is 204 g/mol. The summed E-state index contributed by atoms with van der Waals surface area (Å²) in [6, 6.07) is 8.64. The lowest BCUT2D eigenvalue weighted by atomic mass is 10.2. The lowest BCUT2D eigenvalue weighted by Gasteiger charge is -2.01. The van der Waals surface area contributed by atoms with Gasteiger partial charge in [-0.25, -0.2) is 0 Å². The largest absolute Gasteiger partial charge is 0.126 e. The van der Waals surface area contributed by atoms with E-state index in [1.807, 2.05) is 11.8 Å². The summed E-state index contributed by atoms with van der Waals surface area (Å²) >= 11 is 1.97. The lowest BCUT2D eigenvalue weighted by Crippen LogP contribution is -2.10. The highest BCUT2D eigenvalue weighted by atomic mass is 32.2. The summed E-state index contributed by atoms with van der Waals surface area (Å²) in [5.41, 5.74) is 1.53. The monoisotopic (exact) mass is 224 g/mol. The molecule has 1 aromatic carbocycles. The fourth-order valence-electron chi connectivity index (χ4n) is 1.12. The van der Waals surface area contributed by atoms with Crippen molar-refractivity contribution in [1.29, 1.82) is 0 Å². The van der Waals surface area contributed by atoms with Gasteiger partial charge in [-0.3, -0.25) is 0 Å². The van der Waals surface area contributed by atoms with Crippen LogP contribution in [0, 0.1) is 0 Å². The van der Waals surface area contributed by atoms with E-state index in [0.29, 0.717) is 0 Å². The third-order valence-corrected chi connectivity index (χ3v) is 2.72. The molecule has 1 aromatic rings. The smallest absolute Gasteiger partial charge is 0.0411 e. The maximum Gasteiger partial charge on any atom is 0.0411 e. The van der Waals surface area contributed by atoms with Crippen LogP contribution in [0.15, 0.2) is 29.2 Å². The van der Waals surface area contributed by atoms with E-state index in [1.54, 1.807) is 0 Å². The second-order valence-electron chi connectivity index (χ2n) is 5.21. The summed E-state index contributed by atoms with van der Waals surface area (Å²) in [7, 11) is -0.611. The molecule has 0 radical (unpaired) electrons. The topological polar surface area (TPSA) is 0 Å². The first-order chi connectivity index (χ1) is 6.47. The zero-order valence-corrected chi connectivity index (χ0v) is 11.4. The molecule has 0 bridgehead atoms. The van der Waals surface area contributed by atoms with Crippen LogP contribution in [0.5, 0.6) is 0 Å². The molecule has 1 aliphatic heterocycles. The highest BCUT2D eigenvalue weighted by Crippen LogP contribution is 2.30. The minimum Gasteiger partial charge on any atom is -0.126 e. The number of hydrogen-bond acceptors (Lipinski definition) is 1. The Morgan fingerprint density at radius 3 is 2.21 bits per heavy atom. The van der Waals surface area contributed by atoms with Crippen molar-refractivity contribution in [3.63, 3.8) is 0 Å². The Kier molecular flexibility index (Phi) is 4.26. The minimum atomic E-state index is -0.611. The number of benzene rings is 1. The van der Waals surface area contributed by atoms with Gasteiger partial charge < -0.3 is 0 Å². The van der Waals surface area contributed by atoms with Crippen LogP contribution in [0.1, 0.15) is 5.56 Å². The molecule has 0 saturated heterocycles. The standard InChI is InChI=1S/C8H8S.C4H12Si/c1-2-4-8-7(3-1)5-6-9-8;1-5(2,3)4/h1-4H,5-6H2;1-4H3. The summed E-state index contributed by atoms with van der Waals surface area (Å²) in [5, 5.41) is 0. The van der Waals surface area contributed by atoms with Gasteiger partial charge in [-0.2, -0.15) is 0 Å².